The van der Waals surface area contributed by atoms with E-state index in [0.29, 0.717) is 11.0 Å². The van der Waals surface area contributed by atoms with Crippen molar-refractivity contribution in [2.45, 2.75) is 5.16 Å². The molecule has 0 aliphatic rings. The van der Waals surface area contributed by atoms with Crippen molar-refractivity contribution in [2.75, 3.05) is 11.1 Å². The molecule has 0 unspecified atom stereocenters. The molecular weight excluding hydrogens is 461 g/mol. The van der Waals surface area contributed by atoms with E-state index in [0.717, 1.165) is 11.3 Å². The second kappa shape index (κ2) is 10.7. The number of benzene rings is 2. The molecule has 33 heavy (non-hydrogen) atoms. The van der Waals surface area contributed by atoms with Gasteiger partial charge in [-0.3, -0.25) is 25.2 Å². The number of hydrazine groups is 1. The topological polar surface area (TPSA) is 96.8 Å². The number of thioether (sulfide) groups is 1. The minimum atomic E-state index is -0.451. The number of carbonyl (C=O) groups is 1. The van der Waals surface area contributed by atoms with Crippen LogP contribution in [0.3, 0.4) is 0 Å². The molecular formula is C22H18FN7OS2. The third-order valence-corrected chi connectivity index (χ3v) is 5.47. The summed E-state index contributed by atoms with van der Waals surface area (Å²) >= 11 is 6.31. The predicted octanol–water partition coefficient (Wildman–Crippen LogP) is 3.58. The Bertz CT molecular complexity index is 1250. The van der Waals surface area contributed by atoms with Gasteiger partial charge in [0.1, 0.15) is 5.82 Å². The third kappa shape index (κ3) is 5.70. The van der Waals surface area contributed by atoms with Crippen molar-refractivity contribution in [1.29, 1.82) is 0 Å². The first-order valence-electron chi connectivity index (χ1n) is 9.76. The molecule has 0 aliphatic carbocycles. The largest absolute Gasteiger partial charge is 0.329 e. The fourth-order valence-electron chi connectivity index (χ4n) is 2.86. The normalized spacial score (nSPS) is 10.5. The van der Waals surface area contributed by atoms with Crippen LogP contribution in [0.5, 0.6) is 0 Å². The maximum absolute atomic E-state index is 13.7. The molecule has 166 valence electrons. The molecule has 4 aromatic rings. The van der Waals surface area contributed by atoms with Gasteiger partial charge in [0.2, 0.25) is 5.91 Å². The van der Waals surface area contributed by atoms with E-state index in [2.05, 4.69) is 31.3 Å². The minimum Gasteiger partial charge on any atom is -0.329 e. The molecule has 0 atom stereocenters. The number of anilines is 1. The molecule has 2 aromatic heterocycles. The Labute approximate surface area is 198 Å². The van der Waals surface area contributed by atoms with Crippen molar-refractivity contribution in [2.24, 2.45) is 0 Å². The molecule has 0 radical (unpaired) electrons. The van der Waals surface area contributed by atoms with E-state index in [1.807, 2.05) is 47.0 Å². The zero-order chi connectivity index (χ0) is 23.0. The van der Waals surface area contributed by atoms with Crippen LogP contribution < -0.4 is 16.2 Å². The molecule has 8 nitrogen and oxygen atoms in total. The van der Waals surface area contributed by atoms with Crippen LogP contribution in [-0.4, -0.2) is 36.5 Å². The van der Waals surface area contributed by atoms with Gasteiger partial charge < -0.3 is 5.32 Å². The Balaban J connectivity index is 1.41. The average Bonchev–Trinajstić information content (AvgIpc) is 3.28. The molecule has 3 N–H and O–H groups in total. The van der Waals surface area contributed by atoms with Crippen LogP contribution in [0.1, 0.15) is 0 Å². The van der Waals surface area contributed by atoms with Crippen molar-refractivity contribution >= 4 is 40.7 Å². The lowest BCUT2D eigenvalue weighted by Gasteiger charge is -2.12. The average molecular weight is 480 g/mol. The highest BCUT2D eigenvalue weighted by Gasteiger charge is 2.17. The first-order chi connectivity index (χ1) is 16.1. The number of nitrogens with one attached hydrogen (secondary N) is 3. The molecule has 2 aromatic carbocycles. The van der Waals surface area contributed by atoms with Crippen LogP contribution >= 0.6 is 24.0 Å². The lowest BCUT2D eigenvalue weighted by Crippen LogP contribution is -2.44. The summed E-state index contributed by atoms with van der Waals surface area (Å²) in [6, 6.07) is 19.4. The van der Waals surface area contributed by atoms with E-state index < -0.39 is 5.82 Å². The number of carbonyl (C=O) groups excluding carboxylic acids is 1. The van der Waals surface area contributed by atoms with Crippen molar-refractivity contribution in [1.82, 2.24) is 30.6 Å². The summed E-state index contributed by atoms with van der Waals surface area (Å²) in [6.07, 6.45) is 3.39. The van der Waals surface area contributed by atoms with Gasteiger partial charge in [-0.25, -0.2) is 4.39 Å². The van der Waals surface area contributed by atoms with Gasteiger partial charge in [0.05, 0.1) is 11.4 Å². The van der Waals surface area contributed by atoms with Gasteiger partial charge in [0.25, 0.3) is 0 Å². The zero-order valence-corrected chi connectivity index (χ0v) is 18.7. The predicted molar refractivity (Wildman–Crippen MR) is 129 cm³/mol. The number of hydrogen-bond acceptors (Lipinski definition) is 6. The Morgan fingerprint density at radius 3 is 2.55 bits per heavy atom. The second-order valence-electron chi connectivity index (χ2n) is 6.61. The Hall–Kier alpha value is -3.83. The smallest absolute Gasteiger partial charge is 0.248 e. The number of thiocarbonyl (C=S) groups is 1. The fraction of sp³-hybridized carbons (Fsp3) is 0.0455. The molecule has 11 heteroatoms. The summed E-state index contributed by atoms with van der Waals surface area (Å²) in [5.41, 5.74) is 6.92. The van der Waals surface area contributed by atoms with E-state index in [-0.39, 0.29) is 22.5 Å². The molecule has 0 aliphatic heterocycles. The summed E-state index contributed by atoms with van der Waals surface area (Å²) in [7, 11) is 0. The maximum atomic E-state index is 13.7. The van der Waals surface area contributed by atoms with Crippen molar-refractivity contribution in [3.63, 3.8) is 0 Å². The number of aromatic nitrogens is 4. The number of rotatable bonds is 6. The van der Waals surface area contributed by atoms with Crippen LogP contribution in [-0.2, 0) is 4.79 Å². The maximum Gasteiger partial charge on any atom is 0.248 e. The zero-order valence-electron chi connectivity index (χ0n) is 17.1. The van der Waals surface area contributed by atoms with E-state index in [1.165, 1.54) is 23.9 Å². The summed E-state index contributed by atoms with van der Waals surface area (Å²) in [4.78, 5) is 16.5. The van der Waals surface area contributed by atoms with Gasteiger partial charge in [-0.2, -0.15) is 0 Å². The first kappa shape index (κ1) is 22.4. The quantitative estimate of drug-likeness (QED) is 0.219. The van der Waals surface area contributed by atoms with Gasteiger partial charge in [-0.05, 0) is 48.6 Å². The Morgan fingerprint density at radius 1 is 1.00 bits per heavy atom. The second-order valence-corrected chi connectivity index (χ2v) is 7.97. The van der Waals surface area contributed by atoms with Gasteiger partial charge in [0.15, 0.2) is 16.1 Å². The first-order valence-corrected chi connectivity index (χ1v) is 11.2. The molecule has 2 heterocycles. The van der Waals surface area contributed by atoms with Gasteiger partial charge >= 0.3 is 0 Å². The summed E-state index contributed by atoms with van der Waals surface area (Å²) < 4.78 is 15.6. The highest BCUT2D eigenvalue weighted by molar-refractivity contribution is 7.99. The number of amides is 1. The minimum absolute atomic E-state index is 0.0489. The van der Waals surface area contributed by atoms with Crippen LogP contribution in [0.25, 0.3) is 17.1 Å². The molecule has 0 saturated heterocycles. The highest BCUT2D eigenvalue weighted by Crippen LogP contribution is 2.27. The van der Waals surface area contributed by atoms with E-state index in [9.17, 15) is 9.18 Å². The molecule has 0 fully saturated rings. The lowest BCUT2D eigenvalue weighted by molar-refractivity contribution is -0.119. The third-order valence-electron chi connectivity index (χ3n) is 4.34. The molecule has 0 bridgehead atoms. The van der Waals surface area contributed by atoms with Gasteiger partial charge in [-0.15, -0.1) is 10.2 Å². The molecule has 0 spiro atoms. The van der Waals surface area contributed by atoms with E-state index in [1.54, 1.807) is 24.5 Å². The van der Waals surface area contributed by atoms with Gasteiger partial charge in [-0.1, -0.05) is 42.1 Å². The number of nitrogens with zero attached hydrogens (tertiary/aromatic N) is 4. The van der Waals surface area contributed by atoms with Crippen molar-refractivity contribution in [3.05, 3.63) is 84.9 Å². The summed E-state index contributed by atoms with van der Waals surface area (Å²) in [5.74, 6) is -0.130. The van der Waals surface area contributed by atoms with E-state index in [4.69, 9.17) is 12.2 Å². The monoisotopic (exact) mass is 479 g/mol. The van der Waals surface area contributed by atoms with Crippen LogP contribution in [0.2, 0.25) is 0 Å². The molecule has 4 rings (SSSR count). The lowest BCUT2D eigenvalue weighted by atomic mass is 10.2. The Morgan fingerprint density at radius 2 is 1.79 bits per heavy atom. The number of para-hydroxylation sites is 2. The highest BCUT2D eigenvalue weighted by atomic mass is 32.2. The number of pyridine rings is 1. The molecule has 0 saturated carbocycles. The van der Waals surface area contributed by atoms with Crippen LogP contribution in [0.4, 0.5) is 10.1 Å². The van der Waals surface area contributed by atoms with E-state index >= 15 is 0 Å². The number of halogens is 1. The Kier molecular flexibility index (Phi) is 7.22. The molecule has 1 amide bonds. The number of hydrogen-bond donors (Lipinski definition) is 3. The standard InChI is InChI=1S/C22H18FN7OS2/c23-17-10-4-5-11-18(17)25-21(32)28-26-19(31)14-33-22-29-27-20(15-7-6-12-24-13-15)30(22)16-8-2-1-3-9-16/h1-13H,14H2,(H,26,31)(H2,25,28,32). The van der Waals surface area contributed by atoms with Crippen molar-refractivity contribution in [3.8, 4) is 17.1 Å². The SMILES string of the molecule is O=C(CSc1nnc(-c2cccnc2)n1-c1ccccc1)NNC(=S)Nc1ccccc1F. The van der Waals surface area contributed by atoms with Crippen LogP contribution in [0, 0.1) is 5.82 Å². The van der Waals surface area contributed by atoms with Gasteiger partial charge in [0, 0.05) is 23.6 Å². The van der Waals surface area contributed by atoms with Crippen molar-refractivity contribution < 1.29 is 9.18 Å². The fourth-order valence-corrected chi connectivity index (χ4v) is 3.78. The van der Waals surface area contributed by atoms with Crippen LogP contribution in [0.15, 0.2) is 84.3 Å². The summed E-state index contributed by atoms with van der Waals surface area (Å²) in [6.45, 7) is 0. The summed E-state index contributed by atoms with van der Waals surface area (Å²) in [5, 5.41) is 11.9.